The number of carbonyl (C=O) groups excluding carboxylic acids is 7. The van der Waals surface area contributed by atoms with Crippen LogP contribution in [0.15, 0.2) is 48.5 Å². The first-order chi connectivity index (χ1) is 29.5. The van der Waals surface area contributed by atoms with Gasteiger partial charge in [0.05, 0.1) is 5.92 Å². The highest BCUT2D eigenvalue weighted by Crippen LogP contribution is 2.38. The Balaban J connectivity index is 1.56. The topological polar surface area (TPSA) is 448 Å². The summed E-state index contributed by atoms with van der Waals surface area (Å²) in [4.78, 5) is 91.8. The lowest BCUT2D eigenvalue weighted by Crippen LogP contribution is -2.57. The van der Waals surface area contributed by atoms with Crippen LogP contribution in [0.1, 0.15) is 47.9 Å². The van der Waals surface area contributed by atoms with E-state index >= 15 is 0 Å². The van der Waals surface area contributed by atoms with Crippen LogP contribution in [0.5, 0.6) is 69.0 Å². The predicted octanol–water partition coefficient (Wildman–Crippen LogP) is -1.91. The number of hydrogen-bond donors (Lipinski definition) is 18. The monoisotopic (exact) mass is 882 g/mol. The van der Waals surface area contributed by atoms with E-state index in [2.05, 4.69) is 26.6 Å². The third-order valence-corrected chi connectivity index (χ3v) is 8.93. The average Bonchev–Trinajstić information content (AvgIpc) is 3.22. The van der Waals surface area contributed by atoms with Crippen LogP contribution in [0.2, 0.25) is 0 Å². The quantitative estimate of drug-likeness (QED) is 0.0406. The number of rotatable bonds is 17. The number of aromatic hydroxyl groups is 12. The molecular weight excluding hydrogens is 844 g/mol. The Morgan fingerprint density at radius 1 is 0.413 bits per heavy atom. The fraction of sp³-hybridized carbons (Fsp3) is 0.184. The molecule has 0 saturated heterocycles. The normalized spacial score (nSPS) is 12.2. The van der Waals surface area contributed by atoms with Gasteiger partial charge in [-0.05, 0) is 48.5 Å². The number of phenols is 12. The predicted molar refractivity (Wildman–Crippen MR) is 208 cm³/mol. The standard InChI is InChI=1S/C38H38N6O19/c39-33(58)18(43-37(62)17(9-20(45)13-1-21(46)29(54)22(47)2-13)10-40-34(59)14-3-23(48)30(55)24(49)4-14)11-42-38(63)19(44-36(61)16-7-27(52)32(57)28(53)8-16)12-41-35(60)15-5-25(50)31(56)26(51)6-15/h1-8,17-19,46-57H,9-12H2,(H2,39,58)(H,40,59)(H,41,60)(H,42,63)(H,43,62)(H,44,61). The van der Waals surface area contributed by atoms with Gasteiger partial charge in [-0.2, -0.15) is 0 Å². The summed E-state index contributed by atoms with van der Waals surface area (Å²) in [5, 5.41) is 128. The van der Waals surface area contributed by atoms with Gasteiger partial charge in [-0.25, -0.2) is 0 Å². The van der Waals surface area contributed by atoms with E-state index in [1.165, 1.54) is 0 Å². The van der Waals surface area contributed by atoms with Gasteiger partial charge < -0.3 is 93.6 Å². The molecule has 0 fully saturated rings. The molecule has 0 aliphatic heterocycles. The molecule has 3 unspecified atom stereocenters. The van der Waals surface area contributed by atoms with E-state index in [4.69, 9.17) is 5.73 Å². The number of Topliss-reactive ketones (excluding diaryl/α,β-unsaturated/α-hetero) is 1. The molecule has 0 aromatic heterocycles. The molecule has 4 rings (SSSR count). The van der Waals surface area contributed by atoms with Crippen LogP contribution < -0.4 is 32.3 Å². The van der Waals surface area contributed by atoms with Crippen molar-refractivity contribution < 1.29 is 94.8 Å². The highest BCUT2D eigenvalue weighted by atomic mass is 16.3. The summed E-state index contributed by atoms with van der Waals surface area (Å²) >= 11 is 0. The van der Waals surface area contributed by atoms with Gasteiger partial charge in [-0.15, -0.1) is 0 Å². The Morgan fingerprint density at radius 3 is 1.13 bits per heavy atom. The zero-order valence-electron chi connectivity index (χ0n) is 32.0. The second-order valence-electron chi connectivity index (χ2n) is 13.4. The molecule has 0 spiro atoms. The molecule has 0 aliphatic rings. The largest absolute Gasteiger partial charge is 0.504 e. The third-order valence-electron chi connectivity index (χ3n) is 8.93. The maximum atomic E-state index is 13.7. The fourth-order valence-electron chi connectivity index (χ4n) is 5.47. The van der Waals surface area contributed by atoms with Crippen molar-refractivity contribution in [2.75, 3.05) is 19.6 Å². The van der Waals surface area contributed by atoms with Crippen LogP contribution in [0, 0.1) is 5.92 Å². The lowest BCUT2D eigenvalue weighted by atomic mass is 9.96. The lowest BCUT2D eigenvalue weighted by molar-refractivity contribution is -0.130. The van der Waals surface area contributed by atoms with E-state index < -0.39 is 177 Å². The Hall–Kier alpha value is -9.03. The number of carbonyl (C=O) groups is 7. The Morgan fingerprint density at radius 2 is 0.746 bits per heavy atom. The molecule has 0 radical (unpaired) electrons. The first-order valence-corrected chi connectivity index (χ1v) is 17.8. The van der Waals surface area contributed by atoms with Gasteiger partial charge in [0.2, 0.25) is 17.7 Å². The minimum atomic E-state index is -1.85. The Kier molecular flexibility index (Phi) is 14.3. The zero-order valence-corrected chi connectivity index (χ0v) is 32.0. The Labute approximate surface area is 351 Å². The molecule has 63 heavy (non-hydrogen) atoms. The maximum Gasteiger partial charge on any atom is 0.252 e. The van der Waals surface area contributed by atoms with E-state index in [9.17, 15) is 94.8 Å². The molecule has 334 valence electrons. The SMILES string of the molecule is NC(=O)C(CNC(=O)C(CNC(=O)c1cc(O)c(O)c(O)c1)NC(=O)c1cc(O)c(O)c(O)c1)NC(=O)C(CNC(=O)c1cc(O)c(O)c(O)c1)CC(=O)c1cc(O)c(O)c(O)c1. The third kappa shape index (κ3) is 11.4. The molecule has 0 heterocycles. The van der Waals surface area contributed by atoms with E-state index in [1.807, 2.05) is 0 Å². The highest BCUT2D eigenvalue weighted by Gasteiger charge is 2.31. The molecule has 25 nitrogen and oxygen atoms in total. The number of primary amides is 1. The highest BCUT2D eigenvalue weighted by molar-refractivity contribution is 6.02. The van der Waals surface area contributed by atoms with Crippen LogP contribution in [0.25, 0.3) is 0 Å². The van der Waals surface area contributed by atoms with Crippen molar-refractivity contribution in [2.24, 2.45) is 11.7 Å². The van der Waals surface area contributed by atoms with Crippen molar-refractivity contribution in [3.05, 3.63) is 70.8 Å². The van der Waals surface area contributed by atoms with Gasteiger partial charge in [0.15, 0.2) is 74.8 Å². The van der Waals surface area contributed by atoms with Crippen molar-refractivity contribution in [1.82, 2.24) is 26.6 Å². The summed E-state index contributed by atoms with van der Waals surface area (Å²) in [6, 6.07) is 2.21. The smallest absolute Gasteiger partial charge is 0.252 e. The number of phenolic OH excluding ortho intramolecular Hbond substituents is 12. The van der Waals surface area contributed by atoms with Crippen molar-refractivity contribution in [3.63, 3.8) is 0 Å². The van der Waals surface area contributed by atoms with Crippen LogP contribution in [-0.2, 0) is 14.4 Å². The van der Waals surface area contributed by atoms with Crippen LogP contribution in [0.4, 0.5) is 0 Å². The summed E-state index contributed by atoms with van der Waals surface area (Å²) in [5.41, 5.74) is 3.65. The summed E-state index contributed by atoms with van der Waals surface area (Å²) in [6.07, 6.45) is -0.855. The molecule has 0 saturated carbocycles. The zero-order chi connectivity index (χ0) is 47.0. The number of hydrogen-bond acceptors (Lipinski definition) is 19. The fourth-order valence-corrected chi connectivity index (χ4v) is 5.47. The minimum absolute atomic E-state index is 0.434. The van der Waals surface area contributed by atoms with Gasteiger partial charge in [0.25, 0.3) is 17.7 Å². The van der Waals surface area contributed by atoms with Crippen molar-refractivity contribution >= 4 is 41.2 Å². The Bertz CT molecular complexity index is 2420. The van der Waals surface area contributed by atoms with Gasteiger partial charge in [0.1, 0.15) is 12.1 Å². The molecule has 4 aromatic carbocycles. The summed E-state index contributed by atoms with van der Waals surface area (Å²) < 4.78 is 0. The van der Waals surface area contributed by atoms with Crippen molar-refractivity contribution in [3.8, 4) is 69.0 Å². The molecule has 0 aliphatic carbocycles. The van der Waals surface area contributed by atoms with E-state index in [0.717, 1.165) is 36.4 Å². The lowest BCUT2D eigenvalue weighted by Gasteiger charge is -2.23. The van der Waals surface area contributed by atoms with Gasteiger partial charge in [-0.3, -0.25) is 33.6 Å². The van der Waals surface area contributed by atoms with Crippen molar-refractivity contribution in [1.29, 1.82) is 0 Å². The second-order valence-corrected chi connectivity index (χ2v) is 13.4. The molecule has 6 amide bonds. The first-order valence-electron chi connectivity index (χ1n) is 17.8. The summed E-state index contributed by atoms with van der Waals surface area (Å²) in [7, 11) is 0. The number of amides is 6. The van der Waals surface area contributed by atoms with Crippen molar-refractivity contribution in [2.45, 2.75) is 18.5 Å². The van der Waals surface area contributed by atoms with Crippen LogP contribution in [-0.4, -0.2) is 134 Å². The molecule has 25 heteroatoms. The molecule has 4 aromatic rings. The van der Waals surface area contributed by atoms with Gasteiger partial charge in [0, 0.05) is 48.3 Å². The summed E-state index contributed by atoms with van der Waals surface area (Å²) in [5.74, 6) is -20.9. The van der Waals surface area contributed by atoms with E-state index in [0.29, 0.717) is 12.1 Å². The number of ketones is 1. The van der Waals surface area contributed by atoms with Crippen LogP contribution in [0.3, 0.4) is 0 Å². The molecule has 0 bridgehead atoms. The maximum absolute atomic E-state index is 13.7. The minimum Gasteiger partial charge on any atom is -0.504 e. The molecular formula is C38H38N6O19. The first kappa shape index (κ1) is 46.7. The van der Waals surface area contributed by atoms with E-state index in [-0.39, 0.29) is 0 Å². The number of nitrogens with one attached hydrogen (secondary N) is 5. The van der Waals surface area contributed by atoms with Gasteiger partial charge >= 0.3 is 0 Å². The number of benzene rings is 4. The number of nitrogens with two attached hydrogens (primary N) is 1. The van der Waals surface area contributed by atoms with Gasteiger partial charge in [-0.1, -0.05) is 0 Å². The van der Waals surface area contributed by atoms with E-state index in [1.54, 1.807) is 0 Å². The molecule has 19 N–H and O–H groups in total. The molecule has 3 atom stereocenters. The summed E-state index contributed by atoms with van der Waals surface area (Å²) in [6.45, 7) is -2.44. The average molecular weight is 883 g/mol. The second kappa shape index (κ2) is 19.4. The van der Waals surface area contributed by atoms with Crippen LogP contribution >= 0.6 is 0 Å².